The molecule has 1 heterocycles. The van der Waals surface area contributed by atoms with Crippen molar-refractivity contribution in [2.24, 2.45) is 5.92 Å². The summed E-state index contributed by atoms with van der Waals surface area (Å²) in [6.07, 6.45) is 7.68. The van der Waals surface area contributed by atoms with Crippen molar-refractivity contribution in [1.82, 2.24) is 9.88 Å². The summed E-state index contributed by atoms with van der Waals surface area (Å²) in [4.78, 5) is 29.1. The normalized spacial score (nSPS) is 14.6. The summed E-state index contributed by atoms with van der Waals surface area (Å²) in [7, 11) is 0. The molecule has 0 radical (unpaired) electrons. The Kier molecular flexibility index (Phi) is 4.73. The first kappa shape index (κ1) is 15.2. The summed E-state index contributed by atoms with van der Waals surface area (Å²) in [5, 5.41) is 8.64. The maximum absolute atomic E-state index is 12.6. The van der Waals surface area contributed by atoms with Crippen LogP contribution in [0.1, 0.15) is 42.6 Å². The Hall–Kier alpha value is -2.17. The highest BCUT2D eigenvalue weighted by Crippen LogP contribution is 2.29. The van der Waals surface area contributed by atoms with Crippen molar-refractivity contribution in [3.05, 3.63) is 35.7 Å². The van der Waals surface area contributed by atoms with E-state index in [9.17, 15) is 9.59 Å². The van der Waals surface area contributed by atoms with E-state index in [2.05, 4.69) is 18.8 Å². The van der Waals surface area contributed by atoms with Gasteiger partial charge in [-0.25, -0.2) is 4.79 Å². The van der Waals surface area contributed by atoms with Crippen LogP contribution < -0.4 is 0 Å². The zero-order chi connectivity index (χ0) is 15.4. The van der Waals surface area contributed by atoms with Crippen LogP contribution in [0.3, 0.4) is 0 Å². The summed E-state index contributed by atoms with van der Waals surface area (Å²) in [6, 6.07) is 2.03. The second kappa shape index (κ2) is 6.52. The van der Waals surface area contributed by atoms with Crippen LogP contribution >= 0.6 is 0 Å². The van der Waals surface area contributed by atoms with Crippen LogP contribution in [-0.2, 0) is 4.79 Å². The number of carboxylic acid groups (broad SMARTS) is 1. The highest BCUT2D eigenvalue weighted by molar-refractivity contribution is 5.95. The van der Waals surface area contributed by atoms with Gasteiger partial charge in [0.1, 0.15) is 0 Å². The topological polar surface area (TPSA) is 70.5 Å². The second-order valence-electron chi connectivity index (χ2n) is 5.76. The third kappa shape index (κ3) is 4.41. The predicted molar refractivity (Wildman–Crippen MR) is 79.8 cm³/mol. The molecule has 1 amide bonds. The van der Waals surface area contributed by atoms with Crippen LogP contribution in [0.2, 0.25) is 0 Å². The van der Waals surface area contributed by atoms with Crippen LogP contribution in [0.4, 0.5) is 0 Å². The number of carbonyl (C=O) groups is 2. The van der Waals surface area contributed by atoms with Gasteiger partial charge >= 0.3 is 5.97 Å². The standard InChI is InChI=1S/C16H20N2O3/c1-11(2)10-18(14-4-5-14)16(21)13-7-12(8-17-9-13)3-6-15(19)20/h3,6-9,11,14H,4-5,10H2,1-2H3,(H,19,20). The van der Waals surface area contributed by atoms with Crippen molar-refractivity contribution in [3.8, 4) is 0 Å². The molecule has 2 rings (SSSR count). The fourth-order valence-corrected chi connectivity index (χ4v) is 2.18. The number of aliphatic carboxylic acids is 1. The minimum absolute atomic E-state index is 0.0238. The van der Waals surface area contributed by atoms with E-state index in [1.165, 1.54) is 12.3 Å². The number of nitrogens with zero attached hydrogens (tertiary/aromatic N) is 2. The molecular formula is C16H20N2O3. The molecule has 1 fully saturated rings. The molecule has 0 saturated heterocycles. The molecule has 0 aromatic carbocycles. The first-order chi connectivity index (χ1) is 9.97. The highest BCUT2D eigenvalue weighted by atomic mass is 16.4. The first-order valence-corrected chi connectivity index (χ1v) is 7.14. The number of carbonyl (C=O) groups excluding carboxylic acids is 1. The Morgan fingerprint density at radius 1 is 1.43 bits per heavy atom. The molecule has 0 unspecified atom stereocenters. The quantitative estimate of drug-likeness (QED) is 0.816. The number of hydrogen-bond acceptors (Lipinski definition) is 3. The van der Waals surface area contributed by atoms with Gasteiger partial charge in [0.05, 0.1) is 5.56 Å². The summed E-state index contributed by atoms with van der Waals surface area (Å²) >= 11 is 0. The zero-order valence-corrected chi connectivity index (χ0v) is 12.3. The lowest BCUT2D eigenvalue weighted by Gasteiger charge is -2.24. The lowest BCUT2D eigenvalue weighted by Crippen LogP contribution is -2.36. The van der Waals surface area contributed by atoms with Crippen molar-refractivity contribution in [2.75, 3.05) is 6.54 Å². The number of aromatic nitrogens is 1. The lowest BCUT2D eigenvalue weighted by molar-refractivity contribution is -0.131. The van der Waals surface area contributed by atoms with E-state index in [0.717, 1.165) is 25.5 Å². The molecule has 1 aromatic heterocycles. The molecule has 1 aliphatic rings. The third-order valence-electron chi connectivity index (χ3n) is 3.24. The maximum Gasteiger partial charge on any atom is 0.328 e. The molecule has 0 bridgehead atoms. The van der Waals surface area contributed by atoms with E-state index in [1.54, 1.807) is 12.3 Å². The fraction of sp³-hybridized carbons (Fsp3) is 0.438. The van der Waals surface area contributed by atoms with E-state index in [4.69, 9.17) is 5.11 Å². The van der Waals surface area contributed by atoms with Crippen LogP contribution in [0.15, 0.2) is 24.5 Å². The van der Waals surface area contributed by atoms with Crippen molar-refractivity contribution in [2.45, 2.75) is 32.7 Å². The number of hydrogen-bond donors (Lipinski definition) is 1. The van der Waals surface area contributed by atoms with Gasteiger partial charge in [-0.3, -0.25) is 9.78 Å². The molecule has 0 spiro atoms. The number of rotatable bonds is 6. The molecule has 112 valence electrons. The summed E-state index contributed by atoms with van der Waals surface area (Å²) in [5.41, 5.74) is 1.12. The van der Waals surface area contributed by atoms with Crippen LogP contribution in [0.25, 0.3) is 6.08 Å². The minimum Gasteiger partial charge on any atom is -0.478 e. The van der Waals surface area contributed by atoms with Gasteiger partial charge in [-0.05, 0) is 36.5 Å². The molecule has 0 atom stereocenters. The second-order valence-corrected chi connectivity index (χ2v) is 5.76. The molecule has 1 saturated carbocycles. The lowest BCUT2D eigenvalue weighted by atomic mass is 10.1. The van der Waals surface area contributed by atoms with E-state index in [1.807, 2.05) is 4.90 Å². The van der Waals surface area contributed by atoms with Gasteiger partial charge < -0.3 is 10.0 Å². The molecule has 1 aliphatic carbocycles. The van der Waals surface area contributed by atoms with Crippen molar-refractivity contribution >= 4 is 18.0 Å². The molecule has 21 heavy (non-hydrogen) atoms. The average molecular weight is 288 g/mol. The first-order valence-electron chi connectivity index (χ1n) is 7.14. The molecule has 1 aromatic rings. The predicted octanol–water partition coefficient (Wildman–Crippen LogP) is 2.44. The van der Waals surface area contributed by atoms with E-state index in [0.29, 0.717) is 23.1 Å². The largest absolute Gasteiger partial charge is 0.478 e. The molecule has 0 aliphatic heterocycles. The van der Waals surface area contributed by atoms with Crippen molar-refractivity contribution in [1.29, 1.82) is 0 Å². The molecular weight excluding hydrogens is 268 g/mol. The Morgan fingerprint density at radius 2 is 2.14 bits per heavy atom. The highest BCUT2D eigenvalue weighted by Gasteiger charge is 2.33. The monoisotopic (exact) mass is 288 g/mol. The fourth-order valence-electron chi connectivity index (χ4n) is 2.18. The van der Waals surface area contributed by atoms with Crippen LogP contribution in [-0.4, -0.2) is 39.5 Å². The Balaban J connectivity index is 2.17. The van der Waals surface area contributed by atoms with Gasteiger partial charge in [-0.15, -0.1) is 0 Å². The van der Waals surface area contributed by atoms with Gasteiger partial charge in [0.25, 0.3) is 5.91 Å². The van der Waals surface area contributed by atoms with Gasteiger partial charge in [0, 0.05) is 31.1 Å². The number of pyridine rings is 1. The van der Waals surface area contributed by atoms with Gasteiger partial charge in [-0.1, -0.05) is 13.8 Å². The maximum atomic E-state index is 12.6. The number of carboxylic acids is 1. The van der Waals surface area contributed by atoms with Crippen molar-refractivity contribution < 1.29 is 14.7 Å². The molecule has 5 nitrogen and oxygen atoms in total. The molecule has 1 N–H and O–H groups in total. The summed E-state index contributed by atoms with van der Waals surface area (Å²) in [5.74, 6) is -0.631. The molecule has 5 heteroatoms. The SMILES string of the molecule is CC(C)CN(C(=O)c1cncc(C=CC(=O)O)c1)C1CC1. The van der Waals surface area contributed by atoms with Crippen LogP contribution in [0.5, 0.6) is 0 Å². The smallest absolute Gasteiger partial charge is 0.328 e. The van der Waals surface area contributed by atoms with E-state index in [-0.39, 0.29) is 5.91 Å². The van der Waals surface area contributed by atoms with E-state index < -0.39 is 5.97 Å². The Labute approximate surface area is 124 Å². The van der Waals surface area contributed by atoms with Gasteiger partial charge in [0.2, 0.25) is 0 Å². The average Bonchev–Trinajstić information content (AvgIpc) is 3.26. The van der Waals surface area contributed by atoms with Gasteiger partial charge in [0.15, 0.2) is 0 Å². The Bertz CT molecular complexity index is 562. The third-order valence-corrected chi connectivity index (χ3v) is 3.24. The minimum atomic E-state index is -1.02. The summed E-state index contributed by atoms with van der Waals surface area (Å²) < 4.78 is 0. The van der Waals surface area contributed by atoms with Crippen LogP contribution in [0, 0.1) is 5.92 Å². The zero-order valence-electron chi connectivity index (χ0n) is 12.3. The van der Waals surface area contributed by atoms with E-state index >= 15 is 0 Å². The van der Waals surface area contributed by atoms with Gasteiger partial charge in [-0.2, -0.15) is 0 Å². The van der Waals surface area contributed by atoms with Crippen molar-refractivity contribution in [3.63, 3.8) is 0 Å². The number of amides is 1. The Morgan fingerprint density at radius 3 is 2.71 bits per heavy atom. The summed E-state index contributed by atoms with van der Waals surface area (Å²) in [6.45, 7) is 4.92.